The number of hydrogen-bond acceptors (Lipinski definition) is 2. The van der Waals surface area contributed by atoms with E-state index in [0.717, 1.165) is 32.7 Å². The summed E-state index contributed by atoms with van der Waals surface area (Å²) in [5.41, 5.74) is 1.53. The maximum absolute atomic E-state index is 5.49. The van der Waals surface area contributed by atoms with Gasteiger partial charge in [0.05, 0.1) is 12.1 Å². The molecule has 1 N–H and O–H groups in total. The monoisotopic (exact) mass is 178 g/mol. The lowest BCUT2D eigenvalue weighted by Crippen LogP contribution is -2.49. The topological polar surface area (TPSA) is 26.2 Å². The van der Waals surface area contributed by atoms with Gasteiger partial charge in [-0.05, 0) is 18.6 Å². The van der Waals surface area contributed by atoms with E-state index in [0.29, 0.717) is 0 Å². The molecular weight excluding hydrogens is 164 g/mol. The van der Waals surface area contributed by atoms with Gasteiger partial charge < -0.3 is 14.6 Å². The molecule has 1 aromatic heterocycles. The molecule has 13 heavy (non-hydrogen) atoms. The number of fused-ring (bicyclic) bond motifs is 2. The lowest BCUT2D eigenvalue weighted by molar-refractivity contribution is 0.157. The Balaban J connectivity index is 2.08. The summed E-state index contributed by atoms with van der Waals surface area (Å²) in [6, 6.07) is 4.34. The fraction of sp³-hybridized carbons (Fsp3) is 0.600. The van der Waals surface area contributed by atoms with Crippen molar-refractivity contribution in [3.8, 4) is 0 Å². The number of nitrogens with one attached hydrogen (secondary N) is 1. The smallest absolute Gasteiger partial charge is 0.0847 e. The van der Waals surface area contributed by atoms with Crippen molar-refractivity contribution in [2.75, 3.05) is 19.8 Å². The Labute approximate surface area is 77.7 Å². The molecule has 2 aliphatic rings. The van der Waals surface area contributed by atoms with E-state index < -0.39 is 0 Å². The third-order valence-electron chi connectivity index (χ3n) is 3.16. The molecule has 1 atom stereocenters. The molecule has 0 aliphatic carbocycles. The zero-order chi connectivity index (χ0) is 8.73. The molecule has 2 aliphatic heterocycles. The number of nitrogens with zero attached hydrogens (tertiary/aromatic N) is 1. The van der Waals surface area contributed by atoms with Gasteiger partial charge in [-0.3, -0.25) is 0 Å². The Morgan fingerprint density at radius 2 is 2.54 bits per heavy atom. The van der Waals surface area contributed by atoms with Crippen LogP contribution in [0.2, 0.25) is 0 Å². The van der Waals surface area contributed by atoms with E-state index in [9.17, 15) is 0 Å². The van der Waals surface area contributed by atoms with Gasteiger partial charge in [0.15, 0.2) is 0 Å². The first-order chi connectivity index (χ1) is 6.41. The highest BCUT2D eigenvalue weighted by molar-refractivity contribution is 5.22. The quantitative estimate of drug-likeness (QED) is 0.633. The molecule has 0 bridgehead atoms. The summed E-state index contributed by atoms with van der Waals surface area (Å²) in [4.78, 5) is 0. The molecule has 0 radical (unpaired) electrons. The Morgan fingerprint density at radius 3 is 3.38 bits per heavy atom. The predicted octanol–water partition coefficient (Wildman–Crippen LogP) is 0.707. The van der Waals surface area contributed by atoms with Crippen molar-refractivity contribution >= 4 is 0 Å². The van der Waals surface area contributed by atoms with Crippen LogP contribution >= 0.6 is 0 Å². The minimum Gasteiger partial charge on any atom is -0.379 e. The molecule has 0 amide bonds. The van der Waals surface area contributed by atoms with E-state index in [1.54, 1.807) is 0 Å². The van der Waals surface area contributed by atoms with Gasteiger partial charge in [-0.1, -0.05) is 0 Å². The molecule has 3 rings (SSSR count). The summed E-state index contributed by atoms with van der Waals surface area (Å²) in [6.45, 7) is 3.87. The van der Waals surface area contributed by atoms with Gasteiger partial charge in [-0.2, -0.15) is 0 Å². The van der Waals surface area contributed by atoms with Crippen LogP contribution in [-0.2, 0) is 16.8 Å². The standard InChI is InChI=1S/C10H14N2O/c1-2-9-10(3-7-13-8-10)11-4-6-12(9)5-1/h1-2,5,11H,3-4,6-8H2/t10-/m0/s1. The first kappa shape index (κ1) is 7.59. The van der Waals surface area contributed by atoms with Crippen LogP contribution in [0.1, 0.15) is 12.1 Å². The number of hydrogen-bond donors (Lipinski definition) is 1. The summed E-state index contributed by atoms with van der Waals surface area (Å²) in [5.74, 6) is 0. The lowest BCUT2D eigenvalue weighted by atomic mass is 9.93. The van der Waals surface area contributed by atoms with Gasteiger partial charge in [-0.15, -0.1) is 0 Å². The maximum atomic E-state index is 5.49. The lowest BCUT2D eigenvalue weighted by Gasteiger charge is -2.34. The molecule has 3 heteroatoms. The van der Waals surface area contributed by atoms with Crippen LogP contribution in [0, 0.1) is 0 Å². The van der Waals surface area contributed by atoms with Crippen LogP contribution in [0.3, 0.4) is 0 Å². The van der Waals surface area contributed by atoms with E-state index >= 15 is 0 Å². The Bertz CT molecular complexity index is 312. The van der Waals surface area contributed by atoms with Crippen LogP contribution in [0.4, 0.5) is 0 Å². The van der Waals surface area contributed by atoms with Crippen molar-refractivity contribution in [3.05, 3.63) is 24.0 Å². The van der Waals surface area contributed by atoms with Crippen LogP contribution in [-0.4, -0.2) is 24.3 Å². The van der Waals surface area contributed by atoms with Crippen LogP contribution < -0.4 is 5.32 Å². The van der Waals surface area contributed by atoms with Gasteiger partial charge in [-0.25, -0.2) is 0 Å². The molecule has 0 aromatic carbocycles. The fourth-order valence-electron chi connectivity index (χ4n) is 2.46. The third kappa shape index (κ3) is 0.974. The average Bonchev–Trinajstić information content (AvgIpc) is 2.74. The number of ether oxygens (including phenoxy) is 1. The Morgan fingerprint density at radius 1 is 1.54 bits per heavy atom. The average molecular weight is 178 g/mol. The van der Waals surface area contributed by atoms with E-state index in [1.807, 2.05) is 0 Å². The first-order valence-electron chi connectivity index (χ1n) is 4.89. The zero-order valence-electron chi connectivity index (χ0n) is 7.62. The van der Waals surface area contributed by atoms with E-state index in [2.05, 4.69) is 28.2 Å². The molecule has 1 saturated heterocycles. The van der Waals surface area contributed by atoms with Gasteiger partial charge in [0.25, 0.3) is 0 Å². The van der Waals surface area contributed by atoms with Crippen molar-refractivity contribution in [3.63, 3.8) is 0 Å². The van der Waals surface area contributed by atoms with Gasteiger partial charge in [0.2, 0.25) is 0 Å². The van der Waals surface area contributed by atoms with Crippen molar-refractivity contribution in [1.82, 2.24) is 9.88 Å². The zero-order valence-corrected chi connectivity index (χ0v) is 7.62. The van der Waals surface area contributed by atoms with Crippen molar-refractivity contribution in [2.45, 2.75) is 18.5 Å². The Kier molecular flexibility index (Phi) is 1.51. The molecule has 0 saturated carbocycles. The summed E-state index contributed by atoms with van der Waals surface area (Å²) in [7, 11) is 0. The molecule has 0 unspecified atom stereocenters. The highest BCUT2D eigenvalue weighted by Gasteiger charge is 2.40. The van der Waals surface area contributed by atoms with Crippen molar-refractivity contribution in [2.24, 2.45) is 0 Å². The van der Waals surface area contributed by atoms with Gasteiger partial charge >= 0.3 is 0 Å². The van der Waals surface area contributed by atoms with Crippen LogP contribution in [0.5, 0.6) is 0 Å². The van der Waals surface area contributed by atoms with Crippen molar-refractivity contribution < 1.29 is 4.74 Å². The largest absolute Gasteiger partial charge is 0.379 e. The number of rotatable bonds is 0. The fourth-order valence-corrected chi connectivity index (χ4v) is 2.46. The van der Waals surface area contributed by atoms with Gasteiger partial charge in [0.1, 0.15) is 0 Å². The van der Waals surface area contributed by atoms with Crippen molar-refractivity contribution in [1.29, 1.82) is 0 Å². The maximum Gasteiger partial charge on any atom is 0.0847 e. The second-order valence-corrected chi connectivity index (χ2v) is 3.90. The summed E-state index contributed by atoms with van der Waals surface area (Å²) < 4.78 is 7.83. The van der Waals surface area contributed by atoms with E-state index in [1.165, 1.54) is 5.69 Å². The van der Waals surface area contributed by atoms with Gasteiger partial charge in [0, 0.05) is 31.6 Å². The first-order valence-corrected chi connectivity index (χ1v) is 4.89. The van der Waals surface area contributed by atoms with Crippen LogP contribution in [0.15, 0.2) is 18.3 Å². The summed E-state index contributed by atoms with van der Waals surface area (Å²) >= 11 is 0. The van der Waals surface area contributed by atoms with E-state index in [-0.39, 0.29) is 5.54 Å². The highest BCUT2D eigenvalue weighted by atomic mass is 16.5. The molecule has 1 aromatic rings. The highest BCUT2D eigenvalue weighted by Crippen LogP contribution is 2.32. The SMILES string of the molecule is c1cc2n(c1)CCN[C@]21CCOC1. The Hall–Kier alpha value is -0.800. The molecule has 1 spiro atoms. The minimum atomic E-state index is 0.127. The molecule has 1 fully saturated rings. The second-order valence-electron chi connectivity index (χ2n) is 3.90. The molecular formula is C10H14N2O. The molecule has 3 nitrogen and oxygen atoms in total. The summed E-state index contributed by atoms with van der Waals surface area (Å²) in [6.07, 6.45) is 3.27. The van der Waals surface area contributed by atoms with Crippen LogP contribution in [0.25, 0.3) is 0 Å². The normalized spacial score (nSPS) is 32.3. The third-order valence-corrected chi connectivity index (χ3v) is 3.16. The predicted molar refractivity (Wildman–Crippen MR) is 49.5 cm³/mol. The van der Waals surface area contributed by atoms with E-state index in [4.69, 9.17) is 4.74 Å². The molecule has 70 valence electrons. The molecule has 3 heterocycles. The number of aromatic nitrogens is 1. The summed E-state index contributed by atoms with van der Waals surface area (Å²) in [5, 5.41) is 3.59. The minimum absolute atomic E-state index is 0.127. The second kappa shape index (κ2) is 2.59.